The summed E-state index contributed by atoms with van der Waals surface area (Å²) in [6.07, 6.45) is 1.58. The fourth-order valence-corrected chi connectivity index (χ4v) is 1.48. The molecule has 0 bridgehead atoms. The molecule has 13 heavy (non-hydrogen) atoms. The summed E-state index contributed by atoms with van der Waals surface area (Å²) >= 11 is 3.46. The fraction of sp³-hybridized carbons (Fsp3) is 0.455. The molecule has 72 valence electrons. The summed E-state index contributed by atoms with van der Waals surface area (Å²) in [6, 6.07) is 6.32. The zero-order valence-corrected chi connectivity index (χ0v) is 9.63. The van der Waals surface area contributed by atoms with Gasteiger partial charge < -0.3 is 5.11 Å². The Morgan fingerprint density at radius 3 is 2.69 bits per heavy atom. The second-order valence-corrected chi connectivity index (χ2v) is 4.33. The van der Waals surface area contributed by atoms with Crippen LogP contribution >= 0.6 is 15.9 Å². The average Bonchev–Trinajstić information content (AvgIpc) is 2.07. The largest absolute Gasteiger partial charge is 0.393 e. The van der Waals surface area contributed by atoms with E-state index in [2.05, 4.69) is 41.1 Å². The van der Waals surface area contributed by atoms with Crippen LogP contribution in [0.4, 0.5) is 0 Å². The number of hydrogen-bond acceptors (Lipinski definition) is 1. The Kier molecular flexibility index (Phi) is 3.94. The lowest BCUT2D eigenvalue weighted by Gasteiger charge is -2.05. The van der Waals surface area contributed by atoms with Crippen LogP contribution in [0.25, 0.3) is 0 Å². The predicted octanol–water partition coefficient (Wildman–Crippen LogP) is 3.07. The van der Waals surface area contributed by atoms with E-state index in [1.165, 1.54) is 11.1 Å². The van der Waals surface area contributed by atoms with Gasteiger partial charge in [0.05, 0.1) is 6.10 Å². The van der Waals surface area contributed by atoms with Crippen LogP contribution in [0.1, 0.15) is 24.5 Å². The first-order valence-corrected chi connectivity index (χ1v) is 5.32. The van der Waals surface area contributed by atoms with Crippen molar-refractivity contribution >= 4 is 15.9 Å². The van der Waals surface area contributed by atoms with Crippen molar-refractivity contribution in [1.82, 2.24) is 0 Å². The molecular weight excluding hydrogens is 228 g/mol. The SMILES string of the molecule is Cc1cc(CC[C@@H](C)O)ccc1Br. The third-order valence-electron chi connectivity index (χ3n) is 2.07. The highest BCUT2D eigenvalue weighted by Gasteiger charge is 1.99. The monoisotopic (exact) mass is 242 g/mol. The first-order chi connectivity index (χ1) is 6.09. The summed E-state index contributed by atoms with van der Waals surface area (Å²) in [6.45, 7) is 3.90. The van der Waals surface area contributed by atoms with Gasteiger partial charge >= 0.3 is 0 Å². The number of hydrogen-bond donors (Lipinski definition) is 1. The van der Waals surface area contributed by atoms with Gasteiger partial charge in [0.15, 0.2) is 0 Å². The zero-order valence-electron chi connectivity index (χ0n) is 8.05. The van der Waals surface area contributed by atoms with Crippen LogP contribution in [0.15, 0.2) is 22.7 Å². The predicted molar refractivity (Wildman–Crippen MR) is 58.9 cm³/mol. The minimum atomic E-state index is -0.205. The van der Waals surface area contributed by atoms with E-state index in [0.717, 1.165) is 17.3 Å². The Bertz CT molecular complexity index is 281. The molecule has 0 aromatic heterocycles. The van der Waals surface area contributed by atoms with Crippen molar-refractivity contribution in [2.75, 3.05) is 0 Å². The summed E-state index contributed by atoms with van der Waals surface area (Å²) < 4.78 is 1.15. The van der Waals surface area contributed by atoms with Crippen molar-refractivity contribution in [3.05, 3.63) is 33.8 Å². The van der Waals surface area contributed by atoms with Gasteiger partial charge in [-0.05, 0) is 43.9 Å². The molecule has 0 heterocycles. The maximum absolute atomic E-state index is 9.13. The normalized spacial score (nSPS) is 12.9. The molecule has 1 N–H and O–H groups in total. The molecule has 1 aromatic carbocycles. The molecule has 0 saturated carbocycles. The molecule has 0 aliphatic carbocycles. The topological polar surface area (TPSA) is 20.2 Å². The van der Waals surface area contributed by atoms with Crippen LogP contribution in [0.3, 0.4) is 0 Å². The van der Waals surface area contributed by atoms with Gasteiger partial charge in [0.1, 0.15) is 0 Å². The maximum atomic E-state index is 9.13. The summed E-state index contributed by atoms with van der Waals surface area (Å²) in [5.41, 5.74) is 2.55. The third kappa shape index (κ3) is 3.49. The highest BCUT2D eigenvalue weighted by Crippen LogP contribution is 2.18. The summed E-state index contributed by atoms with van der Waals surface area (Å²) in [5.74, 6) is 0. The lowest BCUT2D eigenvalue weighted by molar-refractivity contribution is 0.185. The number of rotatable bonds is 3. The van der Waals surface area contributed by atoms with Crippen LogP contribution in [0, 0.1) is 6.92 Å². The van der Waals surface area contributed by atoms with E-state index in [-0.39, 0.29) is 6.10 Å². The molecule has 0 saturated heterocycles. The fourth-order valence-electron chi connectivity index (χ4n) is 1.24. The average molecular weight is 243 g/mol. The first kappa shape index (κ1) is 10.7. The van der Waals surface area contributed by atoms with E-state index in [1.807, 2.05) is 6.92 Å². The molecule has 0 spiro atoms. The number of halogens is 1. The Morgan fingerprint density at radius 2 is 2.15 bits per heavy atom. The number of aliphatic hydroxyl groups excluding tert-OH is 1. The van der Waals surface area contributed by atoms with E-state index >= 15 is 0 Å². The van der Waals surface area contributed by atoms with Crippen molar-refractivity contribution in [3.63, 3.8) is 0 Å². The molecule has 1 nitrogen and oxygen atoms in total. The minimum Gasteiger partial charge on any atom is -0.393 e. The van der Waals surface area contributed by atoms with Crippen molar-refractivity contribution in [3.8, 4) is 0 Å². The van der Waals surface area contributed by atoms with E-state index in [4.69, 9.17) is 5.11 Å². The molecular formula is C11H15BrO. The zero-order chi connectivity index (χ0) is 9.84. The second-order valence-electron chi connectivity index (χ2n) is 3.47. The highest BCUT2D eigenvalue weighted by atomic mass is 79.9. The maximum Gasteiger partial charge on any atom is 0.0515 e. The lowest BCUT2D eigenvalue weighted by atomic mass is 10.1. The second kappa shape index (κ2) is 4.77. The molecule has 1 aromatic rings. The van der Waals surface area contributed by atoms with E-state index < -0.39 is 0 Å². The van der Waals surface area contributed by atoms with Crippen molar-refractivity contribution in [2.24, 2.45) is 0 Å². The van der Waals surface area contributed by atoms with Crippen LogP contribution in [-0.2, 0) is 6.42 Å². The molecule has 2 heteroatoms. The number of aryl methyl sites for hydroxylation is 2. The van der Waals surface area contributed by atoms with Crippen LogP contribution in [-0.4, -0.2) is 11.2 Å². The van der Waals surface area contributed by atoms with Gasteiger partial charge in [-0.15, -0.1) is 0 Å². The van der Waals surface area contributed by atoms with Gasteiger partial charge in [-0.1, -0.05) is 28.1 Å². The molecule has 0 unspecified atom stereocenters. The van der Waals surface area contributed by atoms with Crippen molar-refractivity contribution in [1.29, 1.82) is 0 Å². The van der Waals surface area contributed by atoms with Crippen LogP contribution in [0.5, 0.6) is 0 Å². The summed E-state index contributed by atoms with van der Waals surface area (Å²) in [4.78, 5) is 0. The highest BCUT2D eigenvalue weighted by molar-refractivity contribution is 9.10. The van der Waals surface area contributed by atoms with Crippen LogP contribution < -0.4 is 0 Å². The quantitative estimate of drug-likeness (QED) is 0.864. The van der Waals surface area contributed by atoms with Gasteiger partial charge in [-0.2, -0.15) is 0 Å². The van der Waals surface area contributed by atoms with E-state index in [9.17, 15) is 0 Å². The molecule has 0 radical (unpaired) electrons. The Hall–Kier alpha value is -0.340. The molecule has 1 rings (SSSR count). The van der Waals surface area contributed by atoms with Gasteiger partial charge in [0, 0.05) is 4.47 Å². The van der Waals surface area contributed by atoms with Gasteiger partial charge in [0.2, 0.25) is 0 Å². The Morgan fingerprint density at radius 1 is 1.46 bits per heavy atom. The van der Waals surface area contributed by atoms with E-state index in [1.54, 1.807) is 0 Å². The number of benzene rings is 1. The molecule has 0 amide bonds. The minimum absolute atomic E-state index is 0.205. The summed E-state index contributed by atoms with van der Waals surface area (Å²) in [5, 5.41) is 9.13. The smallest absolute Gasteiger partial charge is 0.0515 e. The van der Waals surface area contributed by atoms with Crippen LogP contribution in [0.2, 0.25) is 0 Å². The molecule has 1 atom stereocenters. The standard InChI is InChI=1S/C11H15BrO/c1-8-7-10(4-3-9(2)13)5-6-11(8)12/h5-7,9,13H,3-4H2,1-2H3/t9-/m1/s1. The molecule has 0 fully saturated rings. The van der Waals surface area contributed by atoms with Gasteiger partial charge in [-0.25, -0.2) is 0 Å². The third-order valence-corrected chi connectivity index (χ3v) is 2.96. The number of aliphatic hydroxyl groups is 1. The van der Waals surface area contributed by atoms with Gasteiger partial charge in [-0.3, -0.25) is 0 Å². The lowest BCUT2D eigenvalue weighted by Crippen LogP contribution is -2.01. The Labute approximate surface area is 87.9 Å². The van der Waals surface area contributed by atoms with Crippen molar-refractivity contribution in [2.45, 2.75) is 32.8 Å². The summed E-state index contributed by atoms with van der Waals surface area (Å²) in [7, 11) is 0. The molecule has 0 aliphatic heterocycles. The first-order valence-electron chi connectivity index (χ1n) is 4.52. The van der Waals surface area contributed by atoms with E-state index in [0.29, 0.717) is 0 Å². The van der Waals surface area contributed by atoms with Gasteiger partial charge in [0.25, 0.3) is 0 Å². The molecule has 0 aliphatic rings. The van der Waals surface area contributed by atoms with Crippen molar-refractivity contribution < 1.29 is 5.11 Å². The Balaban J connectivity index is 2.63.